The number of aryl methyl sites for hydroxylation is 1. The highest BCUT2D eigenvalue weighted by Crippen LogP contribution is 2.25. The summed E-state index contributed by atoms with van der Waals surface area (Å²) in [7, 11) is -4.28. The average Bonchev–Trinajstić information content (AvgIpc) is 2.69. The maximum atomic E-state index is 13.2. The Balaban J connectivity index is 2.09. The second-order valence-corrected chi connectivity index (χ2v) is 8.76. The molecule has 0 heterocycles. The molecule has 0 saturated heterocycles. The summed E-state index contributed by atoms with van der Waals surface area (Å²) in [5, 5.41) is 0. The van der Waals surface area contributed by atoms with Crippen LogP contribution in [0.3, 0.4) is 0 Å². The molecule has 3 aromatic carbocycles. The first-order valence-electron chi connectivity index (χ1n) is 8.32. The fraction of sp³-hybridized carbons (Fsp3) is 0.0476. The summed E-state index contributed by atoms with van der Waals surface area (Å²) in [6.07, 6.45) is 0. The zero-order valence-corrected chi connectivity index (χ0v) is 17.3. The van der Waals surface area contributed by atoms with E-state index in [0.717, 1.165) is 10.0 Å². The topological polar surface area (TPSA) is 71.5 Å². The average molecular weight is 458 g/mol. The lowest BCUT2D eigenvalue weighted by atomic mass is 10.1. The molecule has 0 spiro atoms. The molecule has 0 aromatic heterocycles. The first-order valence-corrected chi connectivity index (χ1v) is 10.6. The maximum absolute atomic E-state index is 13.2. The van der Waals surface area contributed by atoms with Crippen LogP contribution in [0.2, 0.25) is 0 Å². The number of benzene rings is 3. The van der Waals surface area contributed by atoms with Gasteiger partial charge in [-0.25, -0.2) is 8.42 Å². The number of anilines is 1. The van der Waals surface area contributed by atoms with Gasteiger partial charge in [0.25, 0.3) is 15.8 Å². The summed E-state index contributed by atoms with van der Waals surface area (Å²) in [6, 6.07) is 20.1. The van der Waals surface area contributed by atoms with Crippen LogP contribution < -0.4 is 4.31 Å². The Kier molecular flexibility index (Phi) is 5.76. The molecule has 28 heavy (non-hydrogen) atoms. The number of amides is 1. The summed E-state index contributed by atoms with van der Waals surface area (Å²) in [4.78, 5) is 25.7. The highest BCUT2D eigenvalue weighted by Gasteiger charge is 2.35. The number of carbonyl (C=O) groups is 2. The van der Waals surface area contributed by atoms with Crippen LogP contribution in [-0.2, 0) is 14.8 Å². The van der Waals surface area contributed by atoms with E-state index in [4.69, 9.17) is 0 Å². The number of para-hydroxylation sites is 1. The summed E-state index contributed by atoms with van der Waals surface area (Å²) in [6.45, 7) is 1.83. The molecule has 0 unspecified atom stereocenters. The number of halogens is 1. The summed E-state index contributed by atoms with van der Waals surface area (Å²) < 4.78 is 27.7. The highest BCUT2D eigenvalue weighted by atomic mass is 79.9. The molecule has 0 radical (unpaired) electrons. The fourth-order valence-corrected chi connectivity index (χ4v) is 4.22. The van der Waals surface area contributed by atoms with E-state index in [1.165, 1.54) is 36.4 Å². The van der Waals surface area contributed by atoms with Crippen LogP contribution >= 0.6 is 15.9 Å². The molecule has 0 fully saturated rings. The van der Waals surface area contributed by atoms with E-state index in [-0.39, 0.29) is 16.1 Å². The van der Waals surface area contributed by atoms with Gasteiger partial charge in [0.05, 0.1) is 10.6 Å². The zero-order valence-electron chi connectivity index (χ0n) is 14.9. The third-order valence-electron chi connectivity index (χ3n) is 4.04. The number of sulfonamides is 1. The van der Waals surface area contributed by atoms with Crippen molar-refractivity contribution in [2.24, 2.45) is 0 Å². The quantitative estimate of drug-likeness (QED) is 0.421. The Morgan fingerprint density at radius 1 is 0.821 bits per heavy atom. The van der Waals surface area contributed by atoms with Crippen molar-refractivity contribution < 1.29 is 18.0 Å². The van der Waals surface area contributed by atoms with Crippen molar-refractivity contribution in [2.45, 2.75) is 11.8 Å². The standard InChI is InChI=1S/C21H16BrNO4S/c1-15-7-13-19(14-8-15)28(26,27)23(18-5-3-2-4-6-18)21(25)20(24)16-9-11-17(22)12-10-16/h2-14H,1H3. The van der Waals surface area contributed by atoms with Gasteiger partial charge < -0.3 is 0 Å². The number of Topliss-reactive ketones (excluding diaryl/α,β-unsaturated/α-hetero) is 1. The van der Waals surface area contributed by atoms with E-state index >= 15 is 0 Å². The lowest BCUT2D eigenvalue weighted by Crippen LogP contribution is -2.41. The third kappa shape index (κ3) is 4.05. The van der Waals surface area contributed by atoms with Gasteiger partial charge in [-0.3, -0.25) is 9.59 Å². The van der Waals surface area contributed by atoms with Crippen LogP contribution in [0.25, 0.3) is 0 Å². The number of nitrogens with zero attached hydrogens (tertiary/aromatic N) is 1. The molecule has 0 aliphatic rings. The maximum Gasteiger partial charge on any atom is 0.313 e. The van der Waals surface area contributed by atoms with Crippen molar-refractivity contribution in [1.29, 1.82) is 0 Å². The molecule has 0 aliphatic heterocycles. The lowest BCUT2D eigenvalue weighted by Gasteiger charge is -2.22. The molecule has 5 nitrogen and oxygen atoms in total. The molecule has 0 N–H and O–H groups in total. The molecule has 0 saturated carbocycles. The molecule has 7 heteroatoms. The number of carbonyl (C=O) groups excluding carboxylic acids is 2. The van der Waals surface area contributed by atoms with Gasteiger partial charge in [0, 0.05) is 10.0 Å². The Morgan fingerprint density at radius 3 is 1.96 bits per heavy atom. The Hall–Kier alpha value is -2.77. The zero-order chi connectivity index (χ0) is 20.3. The van der Waals surface area contributed by atoms with Gasteiger partial charge in [-0.15, -0.1) is 0 Å². The predicted octanol–water partition coefficient (Wildman–Crippen LogP) is 4.36. The number of ketones is 1. The van der Waals surface area contributed by atoms with E-state index < -0.39 is 21.7 Å². The minimum absolute atomic E-state index is 0.0705. The van der Waals surface area contributed by atoms with Crippen molar-refractivity contribution in [1.82, 2.24) is 0 Å². The molecule has 142 valence electrons. The van der Waals surface area contributed by atoms with Gasteiger partial charge in [0.15, 0.2) is 0 Å². The van der Waals surface area contributed by atoms with Gasteiger partial charge in [0.2, 0.25) is 0 Å². The second kappa shape index (κ2) is 8.08. The third-order valence-corrected chi connectivity index (χ3v) is 6.29. The van der Waals surface area contributed by atoms with Gasteiger partial charge in [0.1, 0.15) is 0 Å². The molecule has 3 aromatic rings. The predicted molar refractivity (Wildman–Crippen MR) is 111 cm³/mol. The normalized spacial score (nSPS) is 11.1. The fourth-order valence-electron chi connectivity index (χ4n) is 2.56. The molecular weight excluding hydrogens is 442 g/mol. The molecule has 0 aliphatic carbocycles. The highest BCUT2D eigenvalue weighted by molar-refractivity contribution is 9.10. The largest absolute Gasteiger partial charge is 0.313 e. The van der Waals surface area contributed by atoms with E-state index in [0.29, 0.717) is 4.31 Å². The van der Waals surface area contributed by atoms with Crippen LogP contribution in [0.5, 0.6) is 0 Å². The molecule has 0 atom stereocenters. The van der Waals surface area contributed by atoms with Gasteiger partial charge in [-0.05, 0) is 55.5 Å². The van der Waals surface area contributed by atoms with Crippen molar-refractivity contribution in [2.75, 3.05) is 4.31 Å². The van der Waals surface area contributed by atoms with Crippen molar-refractivity contribution in [3.63, 3.8) is 0 Å². The van der Waals surface area contributed by atoms with E-state index in [9.17, 15) is 18.0 Å². The number of rotatable bonds is 5. The summed E-state index contributed by atoms with van der Waals surface area (Å²) >= 11 is 3.26. The second-order valence-electron chi connectivity index (χ2n) is 6.06. The van der Waals surface area contributed by atoms with Crippen LogP contribution in [0.1, 0.15) is 15.9 Å². The number of hydrogen-bond donors (Lipinski definition) is 0. The minimum atomic E-state index is -4.28. The van der Waals surface area contributed by atoms with Crippen molar-refractivity contribution in [3.05, 3.63) is 94.5 Å². The Morgan fingerprint density at radius 2 is 1.39 bits per heavy atom. The first kappa shape index (κ1) is 20.0. The van der Waals surface area contributed by atoms with Gasteiger partial charge in [-0.2, -0.15) is 4.31 Å². The van der Waals surface area contributed by atoms with Gasteiger partial charge in [-0.1, -0.05) is 51.8 Å². The van der Waals surface area contributed by atoms with Crippen molar-refractivity contribution in [3.8, 4) is 0 Å². The molecule has 0 bridgehead atoms. The van der Waals surface area contributed by atoms with E-state index in [1.807, 2.05) is 6.92 Å². The molecule has 1 amide bonds. The van der Waals surface area contributed by atoms with Crippen LogP contribution in [0.15, 0.2) is 88.2 Å². The summed E-state index contributed by atoms with van der Waals surface area (Å²) in [5.74, 6) is -2.05. The van der Waals surface area contributed by atoms with Crippen LogP contribution in [0, 0.1) is 6.92 Å². The Labute approximate surface area is 171 Å². The number of hydrogen-bond acceptors (Lipinski definition) is 4. The smallest absolute Gasteiger partial charge is 0.283 e. The lowest BCUT2D eigenvalue weighted by molar-refractivity contribution is -0.113. The van der Waals surface area contributed by atoms with E-state index in [2.05, 4.69) is 15.9 Å². The summed E-state index contributed by atoms with van der Waals surface area (Å²) in [5.41, 5.74) is 1.08. The van der Waals surface area contributed by atoms with Crippen LogP contribution in [0.4, 0.5) is 5.69 Å². The van der Waals surface area contributed by atoms with Gasteiger partial charge >= 0.3 is 5.91 Å². The van der Waals surface area contributed by atoms with Crippen molar-refractivity contribution >= 4 is 43.3 Å². The molecule has 3 rings (SSSR count). The Bertz CT molecular complexity index is 1110. The molecular formula is C21H16BrNO4S. The van der Waals surface area contributed by atoms with E-state index in [1.54, 1.807) is 42.5 Å². The monoisotopic (exact) mass is 457 g/mol. The van der Waals surface area contributed by atoms with Crippen LogP contribution in [-0.4, -0.2) is 20.1 Å². The minimum Gasteiger partial charge on any atom is -0.283 e. The first-order chi connectivity index (χ1) is 13.3. The SMILES string of the molecule is Cc1ccc(S(=O)(=O)N(C(=O)C(=O)c2ccc(Br)cc2)c2ccccc2)cc1.